The maximum absolute atomic E-state index is 12.6. The van der Waals surface area contributed by atoms with E-state index < -0.39 is 16.5 Å². The molecule has 132 valence electrons. The second-order valence-corrected chi connectivity index (χ2v) is 6.00. The van der Waals surface area contributed by atoms with E-state index in [1.165, 1.54) is 12.3 Å². The zero-order chi connectivity index (χ0) is 17.9. The highest BCUT2D eigenvalue weighted by molar-refractivity contribution is 5.99. The third-order valence-corrected chi connectivity index (χ3v) is 5.15. The summed E-state index contributed by atoms with van der Waals surface area (Å²) in [6.45, 7) is 6.71. The number of nitrogens with zero attached hydrogens (tertiary/aromatic N) is 2. The summed E-state index contributed by atoms with van der Waals surface area (Å²) in [5, 5.41) is 14.1. The van der Waals surface area contributed by atoms with Gasteiger partial charge in [0.1, 0.15) is 5.56 Å². The monoisotopic (exact) mass is 336 g/mol. The molecule has 1 aliphatic carbocycles. The summed E-state index contributed by atoms with van der Waals surface area (Å²) in [6, 6.07) is 1.24. The summed E-state index contributed by atoms with van der Waals surface area (Å²) in [6.07, 6.45) is 3.82. The van der Waals surface area contributed by atoms with Crippen molar-refractivity contribution in [2.24, 2.45) is 5.41 Å². The van der Waals surface area contributed by atoms with Gasteiger partial charge < -0.3 is 15.8 Å². The first-order chi connectivity index (χ1) is 11.4. The van der Waals surface area contributed by atoms with Gasteiger partial charge in [0, 0.05) is 24.3 Å². The molecule has 0 radical (unpaired) electrons. The predicted molar refractivity (Wildman–Crippen MR) is 89.6 cm³/mol. The van der Waals surface area contributed by atoms with E-state index >= 15 is 0 Å². The van der Waals surface area contributed by atoms with Crippen molar-refractivity contribution >= 4 is 17.4 Å². The minimum absolute atomic E-state index is 0.0616. The Bertz CT molecular complexity index is 631. The van der Waals surface area contributed by atoms with Gasteiger partial charge in [-0.3, -0.25) is 14.9 Å². The van der Waals surface area contributed by atoms with Crippen molar-refractivity contribution in [1.82, 2.24) is 10.3 Å². The van der Waals surface area contributed by atoms with Crippen LogP contribution < -0.4 is 11.1 Å². The topological polar surface area (TPSA) is 120 Å². The number of hydrogen-bond donors (Lipinski definition) is 2. The van der Waals surface area contributed by atoms with E-state index in [0.717, 1.165) is 12.8 Å². The van der Waals surface area contributed by atoms with Crippen molar-refractivity contribution in [3.8, 4) is 0 Å². The Morgan fingerprint density at radius 1 is 1.50 bits per heavy atom. The molecule has 1 aromatic rings. The lowest BCUT2D eigenvalue weighted by molar-refractivity contribution is -0.384. The zero-order valence-corrected chi connectivity index (χ0v) is 14.2. The molecule has 0 saturated heterocycles. The summed E-state index contributed by atoms with van der Waals surface area (Å²) < 4.78 is 5.78. The number of ether oxygens (including phenoxy) is 1. The van der Waals surface area contributed by atoms with Crippen LogP contribution in [0.2, 0.25) is 0 Å². The second kappa shape index (κ2) is 7.12. The number of nitrogens with two attached hydrogens (primary N) is 1. The first kappa shape index (κ1) is 18.1. The third kappa shape index (κ3) is 2.93. The highest BCUT2D eigenvalue weighted by Crippen LogP contribution is 2.49. The molecule has 1 aromatic heterocycles. The molecule has 3 N–H and O–H groups in total. The van der Waals surface area contributed by atoms with Gasteiger partial charge in [-0.1, -0.05) is 13.8 Å². The molecule has 1 amide bonds. The van der Waals surface area contributed by atoms with Crippen LogP contribution in [0.3, 0.4) is 0 Å². The first-order valence-electron chi connectivity index (χ1n) is 8.22. The van der Waals surface area contributed by atoms with Crippen LogP contribution in [0.4, 0.5) is 11.5 Å². The van der Waals surface area contributed by atoms with Crippen LogP contribution in [0.15, 0.2) is 12.3 Å². The molecule has 1 heterocycles. The summed E-state index contributed by atoms with van der Waals surface area (Å²) >= 11 is 0. The Kier molecular flexibility index (Phi) is 5.38. The van der Waals surface area contributed by atoms with Crippen LogP contribution in [0.1, 0.15) is 50.4 Å². The van der Waals surface area contributed by atoms with Crippen molar-refractivity contribution in [3.63, 3.8) is 0 Å². The largest absolute Gasteiger partial charge is 0.378 e. The molecule has 24 heavy (non-hydrogen) atoms. The Hall–Kier alpha value is -2.22. The van der Waals surface area contributed by atoms with E-state index in [2.05, 4.69) is 24.1 Å². The summed E-state index contributed by atoms with van der Waals surface area (Å²) in [5.74, 6) is -0.757. The number of pyridine rings is 1. The average molecular weight is 336 g/mol. The molecule has 0 spiro atoms. The van der Waals surface area contributed by atoms with Crippen LogP contribution >= 0.6 is 0 Å². The number of carbonyl (C=O) groups excluding carboxylic acids is 1. The lowest BCUT2D eigenvalue weighted by atomic mass is 9.58. The first-order valence-corrected chi connectivity index (χ1v) is 8.22. The fourth-order valence-corrected chi connectivity index (χ4v) is 3.66. The van der Waals surface area contributed by atoms with Gasteiger partial charge in [0.15, 0.2) is 0 Å². The van der Waals surface area contributed by atoms with E-state index in [-0.39, 0.29) is 28.9 Å². The van der Waals surface area contributed by atoms with Crippen LogP contribution in [0, 0.1) is 15.5 Å². The summed E-state index contributed by atoms with van der Waals surface area (Å²) in [5.41, 5.74) is 4.90. The van der Waals surface area contributed by atoms with E-state index in [1.807, 2.05) is 6.92 Å². The average Bonchev–Trinajstić information content (AvgIpc) is 2.54. The van der Waals surface area contributed by atoms with Crippen LogP contribution in [-0.2, 0) is 4.74 Å². The molecule has 0 unspecified atom stereocenters. The molecule has 0 aliphatic heterocycles. The number of amides is 1. The molecule has 8 nitrogen and oxygen atoms in total. The maximum Gasteiger partial charge on any atom is 0.323 e. The van der Waals surface area contributed by atoms with Crippen molar-refractivity contribution in [1.29, 1.82) is 0 Å². The summed E-state index contributed by atoms with van der Waals surface area (Å²) in [7, 11) is 0. The minimum Gasteiger partial charge on any atom is -0.378 e. The van der Waals surface area contributed by atoms with Crippen molar-refractivity contribution in [2.45, 2.75) is 52.2 Å². The number of rotatable bonds is 7. The minimum atomic E-state index is -0.673. The standard InChI is InChI=1S/C16H24N4O4/c1-4-16(5-2)11(9-12(16)24-6-3)19-15(21)10-7-8-18-14(17)13(10)20(22)23/h7-8,11-12H,4-6,9H2,1-3H3,(H2,17,18)(H,19,21)/t11-,12+/m0/s1. The maximum atomic E-state index is 12.6. The third-order valence-electron chi connectivity index (χ3n) is 5.15. The van der Waals surface area contributed by atoms with Crippen LogP contribution in [0.25, 0.3) is 0 Å². The van der Waals surface area contributed by atoms with E-state index in [9.17, 15) is 14.9 Å². The Morgan fingerprint density at radius 2 is 2.17 bits per heavy atom. The summed E-state index contributed by atoms with van der Waals surface area (Å²) in [4.78, 5) is 26.8. The van der Waals surface area contributed by atoms with Crippen LogP contribution in [-0.4, -0.2) is 34.6 Å². The Labute approximate surface area is 140 Å². The molecule has 1 fully saturated rings. The molecular formula is C16H24N4O4. The van der Waals surface area contributed by atoms with Crippen molar-refractivity contribution < 1.29 is 14.5 Å². The van der Waals surface area contributed by atoms with Gasteiger partial charge in [-0.2, -0.15) is 0 Å². The van der Waals surface area contributed by atoms with Gasteiger partial charge in [0.2, 0.25) is 5.82 Å². The van der Waals surface area contributed by atoms with Crippen molar-refractivity contribution in [3.05, 3.63) is 27.9 Å². The van der Waals surface area contributed by atoms with Crippen LogP contribution in [0.5, 0.6) is 0 Å². The smallest absolute Gasteiger partial charge is 0.323 e. The number of hydrogen-bond acceptors (Lipinski definition) is 6. The molecule has 0 aromatic carbocycles. The molecule has 2 atom stereocenters. The van der Waals surface area contributed by atoms with Gasteiger partial charge in [0.05, 0.1) is 11.0 Å². The molecular weight excluding hydrogens is 312 g/mol. The van der Waals surface area contributed by atoms with E-state index in [0.29, 0.717) is 13.0 Å². The van der Waals surface area contributed by atoms with Gasteiger partial charge in [-0.15, -0.1) is 0 Å². The highest BCUT2D eigenvalue weighted by atomic mass is 16.6. The lowest BCUT2D eigenvalue weighted by Crippen LogP contribution is -2.64. The van der Waals surface area contributed by atoms with Gasteiger partial charge >= 0.3 is 5.69 Å². The predicted octanol–water partition coefficient (Wildman–Crippen LogP) is 2.29. The van der Waals surface area contributed by atoms with Gasteiger partial charge in [0.25, 0.3) is 5.91 Å². The van der Waals surface area contributed by atoms with E-state index in [1.54, 1.807) is 0 Å². The normalized spacial score (nSPS) is 21.8. The molecule has 1 aliphatic rings. The number of aromatic nitrogens is 1. The zero-order valence-electron chi connectivity index (χ0n) is 14.2. The van der Waals surface area contributed by atoms with Crippen molar-refractivity contribution in [2.75, 3.05) is 12.3 Å². The molecule has 2 rings (SSSR count). The van der Waals surface area contributed by atoms with Gasteiger partial charge in [-0.25, -0.2) is 4.98 Å². The number of nitrogen functional groups attached to an aromatic ring is 1. The number of nitro groups is 1. The van der Waals surface area contributed by atoms with Gasteiger partial charge in [-0.05, 0) is 32.3 Å². The fourth-order valence-electron chi connectivity index (χ4n) is 3.66. The number of anilines is 1. The highest BCUT2D eigenvalue weighted by Gasteiger charge is 2.54. The fraction of sp³-hybridized carbons (Fsp3) is 0.625. The molecule has 8 heteroatoms. The van der Waals surface area contributed by atoms with E-state index in [4.69, 9.17) is 10.5 Å². The Balaban J connectivity index is 2.22. The molecule has 1 saturated carbocycles. The lowest BCUT2D eigenvalue weighted by Gasteiger charge is -2.55. The second-order valence-electron chi connectivity index (χ2n) is 6.00. The SMILES string of the molecule is CCO[C@@H]1C[C@H](NC(=O)c2ccnc(N)c2[N+](=O)[O-])C1(CC)CC. The molecule has 0 bridgehead atoms. The number of nitrogens with one attached hydrogen (secondary N) is 1. The quantitative estimate of drug-likeness (QED) is 0.582. The Morgan fingerprint density at radius 3 is 2.71 bits per heavy atom. The number of carbonyl (C=O) groups is 1.